The van der Waals surface area contributed by atoms with Crippen LogP contribution in [0.5, 0.6) is 0 Å². The van der Waals surface area contributed by atoms with Gasteiger partial charge in [0.05, 0.1) is 18.8 Å². The standard InChI is InChI=1S/C18H23N5O2S2/c1-13-6-5-7-14(10-13)19-16(25)12-26-18-22-21-17(27-18)20-15(24)11-23-8-3-2-4-9-23/h5-7,10H,2-4,8-9,11-12H2,1H3,(H,19,25)(H,20,21,24)/p+1. The summed E-state index contributed by atoms with van der Waals surface area (Å²) in [5.74, 6) is 0.117. The zero-order valence-corrected chi connectivity index (χ0v) is 16.9. The van der Waals surface area contributed by atoms with E-state index in [4.69, 9.17) is 0 Å². The molecule has 1 saturated heterocycles. The molecule has 0 aliphatic carbocycles. The fourth-order valence-corrected chi connectivity index (χ4v) is 4.55. The number of piperidine rings is 1. The van der Waals surface area contributed by atoms with E-state index in [-0.39, 0.29) is 17.6 Å². The van der Waals surface area contributed by atoms with Crippen molar-refractivity contribution in [1.29, 1.82) is 0 Å². The monoisotopic (exact) mass is 406 g/mol. The normalized spacial score (nSPS) is 14.7. The molecule has 1 aliphatic rings. The molecule has 2 aromatic rings. The van der Waals surface area contributed by atoms with Gasteiger partial charge >= 0.3 is 0 Å². The summed E-state index contributed by atoms with van der Waals surface area (Å²) in [7, 11) is 0. The lowest BCUT2D eigenvalue weighted by Gasteiger charge is -2.22. The van der Waals surface area contributed by atoms with Gasteiger partial charge in [-0.25, -0.2) is 0 Å². The molecule has 0 atom stereocenters. The van der Waals surface area contributed by atoms with Crippen LogP contribution in [0, 0.1) is 6.92 Å². The minimum absolute atomic E-state index is 0.0307. The Hall–Kier alpha value is -1.97. The van der Waals surface area contributed by atoms with Crippen molar-refractivity contribution in [2.45, 2.75) is 30.5 Å². The first-order chi connectivity index (χ1) is 13.1. The molecule has 7 nitrogen and oxygen atoms in total. The van der Waals surface area contributed by atoms with Gasteiger partial charge in [0.1, 0.15) is 0 Å². The number of nitrogens with zero attached hydrogens (tertiary/aromatic N) is 2. The maximum absolute atomic E-state index is 12.1. The highest BCUT2D eigenvalue weighted by molar-refractivity contribution is 8.01. The van der Waals surface area contributed by atoms with Crippen LogP contribution in [-0.2, 0) is 9.59 Å². The predicted octanol–water partition coefficient (Wildman–Crippen LogP) is 1.58. The lowest BCUT2D eigenvalue weighted by atomic mass is 10.1. The minimum Gasteiger partial charge on any atom is -0.327 e. The Morgan fingerprint density at radius 2 is 1.96 bits per heavy atom. The number of aryl methyl sites for hydroxylation is 1. The molecule has 9 heteroatoms. The van der Waals surface area contributed by atoms with Gasteiger partial charge in [-0.2, -0.15) is 0 Å². The quantitative estimate of drug-likeness (QED) is 0.480. The highest BCUT2D eigenvalue weighted by Gasteiger charge is 2.18. The number of amides is 2. The smallest absolute Gasteiger partial charge is 0.281 e. The average Bonchev–Trinajstić information content (AvgIpc) is 3.08. The topological polar surface area (TPSA) is 88.4 Å². The lowest BCUT2D eigenvalue weighted by Crippen LogP contribution is -3.13. The van der Waals surface area contributed by atoms with E-state index in [0.717, 1.165) is 24.3 Å². The van der Waals surface area contributed by atoms with Crippen molar-refractivity contribution in [3.8, 4) is 0 Å². The first-order valence-corrected chi connectivity index (χ1v) is 10.8. The molecular formula is C18H24N5O2S2+. The second kappa shape index (κ2) is 9.82. The maximum Gasteiger partial charge on any atom is 0.281 e. The van der Waals surface area contributed by atoms with Crippen molar-refractivity contribution < 1.29 is 14.5 Å². The second-order valence-corrected chi connectivity index (χ2v) is 8.82. The van der Waals surface area contributed by atoms with Crippen molar-refractivity contribution in [2.75, 3.05) is 36.0 Å². The lowest BCUT2D eigenvalue weighted by molar-refractivity contribution is -0.896. The molecule has 0 radical (unpaired) electrons. The Bertz CT molecular complexity index is 790. The fraction of sp³-hybridized carbons (Fsp3) is 0.444. The molecule has 144 valence electrons. The molecule has 2 amide bonds. The number of anilines is 2. The summed E-state index contributed by atoms with van der Waals surface area (Å²) in [6, 6.07) is 7.67. The van der Waals surface area contributed by atoms with E-state index in [0.29, 0.717) is 16.0 Å². The number of carbonyl (C=O) groups excluding carboxylic acids is 2. The summed E-state index contributed by atoms with van der Waals surface area (Å²) in [6.45, 7) is 4.57. The Kier molecular flexibility index (Phi) is 7.19. The number of carbonyl (C=O) groups is 2. The molecule has 1 aromatic carbocycles. The van der Waals surface area contributed by atoms with Gasteiger partial charge < -0.3 is 10.2 Å². The first-order valence-electron chi connectivity index (χ1n) is 9.05. The van der Waals surface area contributed by atoms with Crippen molar-refractivity contribution in [3.05, 3.63) is 29.8 Å². The fourth-order valence-electron chi connectivity index (χ4n) is 2.98. The van der Waals surface area contributed by atoms with Gasteiger partial charge in [0.15, 0.2) is 10.9 Å². The van der Waals surface area contributed by atoms with Gasteiger partial charge in [-0.15, -0.1) is 10.2 Å². The third-order valence-electron chi connectivity index (χ3n) is 4.25. The molecule has 3 N–H and O–H groups in total. The van der Waals surface area contributed by atoms with E-state index < -0.39 is 0 Å². The van der Waals surface area contributed by atoms with Crippen molar-refractivity contribution >= 4 is 45.7 Å². The molecule has 1 aromatic heterocycles. The van der Waals surface area contributed by atoms with Crippen molar-refractivity contribution in [3.63, 3.8) is 0 Å². The summed E-state index contributed by atoms with van der Waals surface area (Å²) >= 11 is 2.61. The molecule has 27 heavy (non-hydrogen) atoms. The number of thioether (sulfide) groups is 1. The van der Waals surface area contributed by atoms with Crippen LogP contribution in [0.25, 0.3) is 0 Å². The van der Waals surface area contributed by atoms with Gasteiger partial charge in [0.25, 0.3) is 5.91 Å². The number of benzene rings is 1. The molecule has 3 rings (SSSR count). The number of quaternary nitrogens is 1. The van der Waals surface area contributed by atoms with Crippen LogP contribution in [0.4, 0.5) is 10.8 Å². The molecular weight excluding hydrogens is 382 g/mol. The third-order valence-corrected chi connectivity index (χ3v) is 6.22. The summed E-state index contributed by atoms with van der Waals surface area (Å²) in [5, 5.41) is 14.2. The zero-order chi connectivity index (χ0) is 19.1. The highest BCUT2D eigenvalue weighted by atomic mass is 32.2. The van der Waals surface area contributed by atoms with Gasteiger partial charge in [0.2, 0.25) is 11.0 Å². The number of hydrogen-bond donors (Lipinski definition) is 3. The third kappa shape index (κ3) is 6.60. The van der Waals surface area contributed by atoms with E-state index in [1.54, 1.807) is 0 Å². The number of rotatable bonds is 7. The summed E-state index contributed by atoms with van der Waals surface area (Å²) in [5.41, 5.74) is 1.88. The molecule has 0 bridgehead atoms. The summed E-state index contributed by atoms with van der Waals surface area (Å²) in [4.78, 5) is 25.5. The number of nitrogens with one attached hydrogen (secondary N) is 3. The maximum atomic E-state index is 12.1. The van der Waals surface area contributed by atoms with Gasteiger partial charge in [-0.1, -0.05) is 35.2 Å². The van der Waals surface area contributed by atoms with E-state index in [1.165, 1.54) is 47.3 Å². The minimum atomic E-state index is -0.0971. The Morgan fingerprint density at radius 3 is 2.74 bits per heavy atom. The van der Waals surface area contributed by atoms with Gasteiger partial charge in [-0.05, 0) is 43.9 Å². The molecule has 0 unspecified atom stereocenters. The second-order valence-electron chi connectivity index (χ2n) is 6.62. The van der Waals surface area contributed by atoms with E-state index in [2.05, 4.69) is 20.8 Å². The Morgan fingerprint density at radius 1 is 1.15 bits per heavy atom. The Balaban J connectivity index is 1.42. The zero-order valence-electron chi connectivity index (χ0n) is 15.3. The van der Waals surface area contributed by atoms with Crippen LogP contribution in [0.15, 0.2) is 28.6 Å². The van der Waals surface area contributed by atoms with Crippen LogP contribution >= 0.6 is 23.1 Å². The van der Waals surface area contributed by atoms with Crippen LogP contribution in [0.2, 0.25) is 0 Å². The van der Waals surface area contributed by atoms with Crippen LogP contribution < -0.4 is 15.5 Å². The van der Waals surface area contributed by atoms with Crippen molar-refractivity contribution in [2.24, 2.45) is 0 Å². The van der Waals surface area contributed by atoms with Gasteiger partial charge in [-0.3, -0.25) is 14.9 Å². The predicted molar refractivity (Wildman–Crippen MR) is 108 cm³/mol. The van der Waals surface area contributed by atoms with Crippen LogP contribution in [0.1, 0.15) is 24.8 Å². The van der Waals surface area contributed by atoms with Crippen molar-refractivity contribution in [1.82, 2.24) is 10.2 Å². The average molecular weight is 407 g/mol. The summed E-state index contributed by atoms with van der Waals surface area (Å²) < 4.78 is 0.662. The van der Waals surface area contributed by atoms with Gasteiger partial charge in [0, 0.05) is 5.69 Å². The Labute approximate surface area is 166 Å². The van der Waals surface area contributed by atoms with E-state index in [9.17, 15) is 9.59 Å². The number of hydrogen-bond acceptors (Lipinski definition) is 6. The molecule has 0 saturated carbocycles. The first kappa shape index (κ1) is 19.8. The SMILES string of the molecule is Cc1cccc(NC(=O)CSc2nnc(NC(=O)C[NH+]3CCCCC3)s2)c1. The van der Waals surface area contributed by atoms with E-state index >= 15 is 0 Å². The molecule has 0 spiro atoms. The highest BCUT2D eigenvalue weighted by Crippen LogP contribution is 2.25. The molecule has 1 fully saturated rings. The number of likely N-dealkylation sites (tertiary alicyclic amines) is 1. The van der Waals surface area contributed by atoms with Crippen LogP contribution in [0.3, 0.4) is 0 Å². The van der Waals surface area contributed by atoms with E-state index in [1.807, 2.05) is 31.2 Å². The largest absolute Gasteiger partial charge is 0.327 e. The molecule has 2 heterocycles. The molecule has 1 aliphatic heterocycles. The van der Waals surface area contributed by atoms with Crippen LogP contribution in [-0.4, -0.2) is 47.4 Å². The number of aromatic nitrogens is 2. The summed E-state index contributed by atoms with van der Waals surface area (Å²) in [6.07, 6.45) is 3.64.